The summed E-state index contributed by atoms with van der Waals surface area (Å²) in [5, 5.41) is 2.51. The van der Waals surface area contributed by atoms with Crippen LogP contribution in [0.25, 0.3) is 0 Å². The molecule has 0 unspecified atom stereocenters. The number of alkyl halides is 3. The van der Waals surface area contributed by atoms with Gasteiger partial charge in [0.25, 0.3) is 0 Å². The molecule has 0 aliphatic heterocycles. The van der Waals surface area contributed by atoms with E-state index in [2.05, 4.69) is 5.32 Å². The average molecular weight is 444 g/mol. The number of anilines is 1. The highest BCUT2D eigenvalue weighted by Gasteiger charge is 2.32. The quantitative estimate of drug-likeness (QED) is 0.634. The van der Waals surface area contributed by atoms with Crippen molar-refractivity contribution < 1.29 is 31.1 Å². The minimum Gasteiger partial charge on any atom is -0.491 e. The fourth-order valence-electron chi connectivity index (χ4n) is 2.66. The Bertz CT molecular complexity index is 1010. The van der Waals surface area contributed by atoms with Crippen LogP contribution in [0.4, 0.5) is 18.9 Å². The standard InChI is InChI=1S/C20H23F3N2O4S/c1-14-6-4-9-18(15(14)2)29-11-10-24-19(26)13-25(30(3,27)28)17-8-5-7-16(12-17)20(21,22)23/h4-9,12H,10-11,13H2,1-3H3,(H,24,26). The molecular formula is C20H23F3N2O4S. The minimum absolute atomic E-state index is 0.104. The number of carbonyl (C=O) groups excluding carboxylic acids is 1. The van der Waals surface area contributed by atoms with Crippen LogP contribution in [0.1, 0.15) is 16.7 Å². The Labute approximate surface area is 173 Å². The van der Waals surface area contributed by atoms with Crippen LogP contribution < -0.4 is 14.4 Å². The third kappa shape index (κ3) is 6.38. The van der Waals surface area contributed by atoms with E-state index in [1.54, 1.807) is 6.07 Å². The highest BCUT2D eigenvalue weighted by Crippen LogP contribution is 2.32. The average Bonchev–Trinajstić information content (AvgIpc) is 2.65. The fourth-order valence-corrected chi connectivity index (χ4v) is 3.50. The molecule has 2 rings (SSSR count). The lowest BCUT2D eigenvalue weighted by molar-refractivity contribution is -0.137. The Morgan fingerprint density at radius 3 is 2.43 bits per heavy atom. The maximum Gasteiger partial charge on any atom is 0.416 e. The third-order valence-electron chi connectivity index (χ3n) is 4.39. The maximum atomic E-state index is 12.9. The predicted molar refractivity (Wildman–Crippen MR) is 108 cm³/mol. The van der Waals surface area contributed by atoms with Gasteiger partial charge in [0.1, 0.15) is 18.9 Å². The molecule has 2 aromatic carbocycles. The highest BCUT2D eigenvalue weighted by molar-refractivity contribution is 7.92. The molecule has 0 atom stereocenters. The Morgan fingerprint density at radius 2 is 1.80 bits per heavy atom. The van der Waals surface area contributed by atoms with E-state index in [0.29, 0.717) is 16.1 Å². The number of carbonyl (C=O) groups is 1. The van der Waals surface area contributed by atoms with Crippen molar-refractivity contribution in [1.82, 2.24) is 5.32 Å². The number of aryl methyl sites for hydroxylation is 1. The molecule has 0 heterocycles. The lowest BCUT2D eigenvalue weighted by atomic mass is 10.1. The van der Waals surface area contributed by atoms with Gasteiger partial charge in [0, 0.05) is 0 Å². The molecule has 2 aromatic rings. The second-order valence-electron chi connectivity index (χ2n) is 6.71. The molecule has 6 nitrogen and oxygen atoms in total. The number of hydrogen-bond acceptors (Lipinski definition) is 4. The predicted octanol–water partition coefficient (Wildman–Crippen LogP) is 3.28. The molecule has 1 amide bonds. The van der Waals surface area contributed by atoms with E-state index in [-0.39, 0.29) is 18.8 Å². The van der Waals surface area contributed by atoms with Gasteiger partial charge in [0.2, 0.25) is 15.9 Å². The summed E-state index contributed by atoms with van der Waals surface area (Å²) in [7, 11) is -3.99. The first kappa shape index (κ1) is 23.5. The zero-order chi connectivity index (χ0) is 22.5. The summed E-state index contributed by atoms with van der Waals surface area (Å²) in [4.78, 5) is 12.2. The topological polar surface area (TPSA) is 75.7 Å². The molecule has 0 saturated carbocycles. The molecule has 1 N–H and O–H groups in total. The van der Waals surface area contributed by atoms with Crippen molar-refractivity contribution in [1.29, 1.82) is 0 Å². The summed E-state index contributed by atoms with van der Waals surface area (Å²) in [6.07, 6.45) is -3.81. The van der Waals surface area contributed by atoms with Gasteiger partial charge in [-0.3, -0.25) is 9.10 Å². The Balaban J connectivity index is 2.00. The molecule has 164 valence electrons. The first-order chi connectivity index (χ1) is 13.9. The molecule has 0 bridgehead atoms. The lowest BCUT2D eigenvalue weighted by Crippen LogP contribution is -2.41. The fraction of sp³-hybridized carbons (Fsp3) is 0.350. The second-order valence-corrected chi connectivity index (χ2v) is 8.62. The first-order valence-corrected chi connectivity index (χ1v) is 10.8. The van der Waals surface area contributed by atoms with Crippen molar-refractivity contribution >= 4 is 21.6 Å². The van der Waals surface area contributed by atoms with Gasteiger partial charge in [-0.25, -0.2) is 8.42 Å². The van der Waals surface area contributed by atoms with Gasteiger partial charge in [-0.05, 0) is 49.2 Å². The molecule has 0 fully saturated rings. The van der Waals surface area contributed by atoms with Gasteiger partial charge >= 0.3 is 6.18 Å². The maximum absolute atomic E-state index is 12.9. The summed E-state index contributed by atoms with van der Waals surface area (Å²) < 4.78 is 69.1. The van der Waals surface area contributed by atoms with Crippen molar-refractivity contribution in [3.8, 4) is 5.75 Å². The number of benzene rings is 2. The highest BCUT2D eigenvalue weighted by atomic mass is 32.2. The second kappa shape index (κ2) is 9.38. The number of hydrogen-bond donors (Lipinski definition) is 1. The Morgan fingerprint density at radius 1 is 1.13 bits per heavy atom. The van der Waals surface area contributed by atoms with Gasteiger partial charge < -0.3 is 10.1 Å². The molecule has 0 radical (unpaired) electrons. The van der Waals surface area contributed by atoms with Crippen LogP contribution in [-0.4, -0.2) is 40.3 Å². The van der Waals surface area contributed by atoms with Crippen LogP contribution in [0, 0.1) is 13.8 Å². The van der Waals surface area contributed by atoms with Crippen molar-refractivity contribution in [2.45, 2.75) is 20.0 Å². The van der Waals surface area contributed by atoms with Gasteiger partial charge in [0.05, 0.1) is 24.1 Å². The van der Waals surface area contributed by atoms with Crippen molar-refractivity contribution in [2.75, 3.05) is 30.3 Å². The van der Waals surface area contributed by atoms with Gasteiger partial charge in [0.15, 0.2) is 0 Å². The monoisotopic (exact) mass is 444 g/mol. The molecule has 0 saturated heterocycles. The van der Waals surface area contributed by atoms with Crippen LogP contribution >= 0.6 is 0 Å². The van der Waals surface area contributed by atoms with Crippen LogP contribution in [-0.2, 0) is 21.0 Å². The van der Waals surface area contributed by atoms with E-state index >= 15 is 0 Å². The van der Waals surface area contributed by atoms with E-state index in [4.69, 9.17) is 4.74 Å². The first-order valence-electron chi connectivity index (χ1n) is 9.00. The number of ether oxygens (including phenoxy) is 1. The summed E-state index contributed by atoms with van der Waals surface area (Å²) >= 11 is 0. The smallest absolute Gasteiger partial charge is 0.416 e. The van der Waals surface area contributed by atoms with Crippen molar-refractivity contribution in [3.05, 3.63) is 59.2 Å². The molecule has 0 aromatic heterocycles. The zero-order valence-corrected chi connectivity index (χ0v) is 17.6. The summed E-state index contributed by atoms with van der Waals surface area (Å²) in [6.45, 7) is 3.45. The van der Waals surface area contributed by atoms with Gasteiger partial charge in [-0.1, -0.05) is 18.2 Å². The number of sulfonamides is 1. The largest absolute Gasteiger partial charge is 0.491 e. The lowest BCUT2D eigenvalue weighted by Gasteiger charge is -2.23. The minimum atomic E-state index is -4.63. The van der Waals surface area contributed by atoms with Crippen LogP contribution in [0.3, 0.4) is 0 Å². The van der Waals surface area contributed by atoms with Crippen LogP contribution in [0.5, 0.6) is 5.75 Å². The molecular weight excluding hydrogens is 421 g/mol. The van der Waals surface area contributed by atoms with Gasteiger partial charge in [-0.2, -0.15) is 13.2 Å². The number of nitrogens with one attached hydrogen (secondary N) is 1. The van der Waals surface area contributed by atoms with E-state index in [1.807, 2.05) is 26.0 Å². The zero-order valence-electron chi connectivity index (χ0n) is 16.8. The molecule has 0 spiro atoms. The Hall–Kier alpha value is -2.75. The van der Waals surface area contributed by atoms with E-state index in [1.165, 1.54) is 6.07 Å². The normalized spacial score (nSPS) is 11.8. The molecule has 10 heteroatoms. The van der Waals surface area contributed by atoms with Crippen LogP contribution in [0.2, 0.25) is 0 Å². The summed E-state index contributed by atoms with van der Waals surface area (Å²) in [5.74, 6) is 0.00776. The number of rotatable bonds is 8. The Kier molecular flexibility index (Phi) is 7.35. The molecule has 30 heavy (non-hydrogen) atoms. The van der Waals surface area contributed by atoms with Crippen molar-refractivity contribution in [2.24, 2.45) is 0 Å². The van der Waals surface area contributed by atoms with E-state index in [0.717, 1.165) is 29.5 Å². The van der Waals surface area contributed by atoms with E-state index in [9.17, 15) is 26.4 Å². The SMILES string of the molecule is Cc1cccc(OCCNC(=O)CN(c2cccc(C(F)(F)F)c2)S(C)(=O)=O)c1C. The van der Waals surface area contributed by atoms with E-state index < -0.39 is 34.2 Å². The number of nitrogens with zero attached hydrogens (tertiary/aromatic N) is 1. The number of halogens is 3. The van der Waals surface area contributed by atoms with Crippen molar-refractivity contribution in [3.63, 3.8) is 0 Å². The van der Waals surface area contributed by atoms with Crippen LogP contribution in [0.15, 0.2) is 42.5 Å². The molecule has 0 aliphatic rings. The summed E-state index contributed by atoms with van der Waals surface area (Å²) in [6, 6.07) is 9.39. The third-order valence-corrected chi connectivity index (χ3v) is 5.53. The molecule has 0 aliphatic carbocycles. The summed E-state index contributed by atoms with van der Waals surface area (Å²) in [5.41, 5.74) is 0.781. The van der Waals surface area contributed by atoms with Gasteiger partial charge in [-0.15, -0.1) is 0 Å². The number of amides is 1.